The Bertz CT molecular complexity index is 274. The van der Waals surface area contributed by atoms with E-state index in [1.807, 2.05) is 0 Å². The molecule has 2 amide bonds. The highest BCUT2D eigenvalue weighted by Gasteiger charge is 2.30. The van der Waals surface area contributed by atoms with Gasteiger partial charge in [-0.25, -0.2) is 10.2 Å². The Balaban J connectivity index is 2.45. The molecule has 4 nitrogen and oxygen atoms in total. The fourth-order valence-electron chi connectivity index (χ4n) is 2.27. The summed E-state index contributed by atoms with van der Waals surface area (Å²) in [6.07, 6.45) is 5.51. The number of carbonyl (C=O) groups excluding carboxylic acids is 1. The third kappa shape index (κ3) is 3.51. The Hall–Kier alpha value is -1.06. The lowest BCUT2D eigenvalue weighted by Crippen LogP contribution is -2.30. The average Bonchev–Trinajstić information content (AvgIpc) is 2.27. The molecule has 1 fully saturated rings. The number of carbonyl (C=O) groups is 1. The summed E-state index contributed by atoms with van der Waals surface area (Å²) in [5, 5.41) is 4.02. The van der Waals surface area contributed by atoms with Gasteiger partial charge in [0.15, 0.2) is 0 Å². The molecule has 92 valence electrons. The minimum atomic E-state index is -0.580. The van der Waals surface area contributed by atoms with E-state index in [9.17, 15) is 4.79 Å². The monoisotopic (exact) mass is 225 g/mol. The van der Waals surface area contributed by atoms with Crippen molar-refractivity contribution in [3.63, 3.8) is 0 Å². The summed E-state index contributed by atoms with van der Waals surface area (Å²) in [4.78, 5) is 10.5. The van der Waals surface area contributed by atoms with Gasteiger partial charge in [0.1, 0.15) is 0 Å². The fraction of sp³-hybridized carbons (Fsp3) is 0.833. The number of nitrogens with two attached hydrogens (primary N) is 1. The molecule has 0 radical (unpaired) electrons. The Morgan fingerprint density at radius 3 is 2.50 bits per heavy atom. The van der Waals surface area contributed by atoms with Crippen molar-refractivity contribution in [1.82, 2.24) is 5.43 Å². The van der Waals surface area contributed by atoms with E-state index in [2.05, 4.69) is 31.3 Å². The van der Waals surface area contributed by atoms with E-state index >= 15 is 0 Å². The summed E-state index contributed by atoms with van der Waals surface area (Å²) in [7, 11) is 0. The number of hydrogen-bond donors (Lipinski definition) is 2. The minimum absolute atomic E-state index is 0.419. The average molecular weight is 225 g/mol. The lowest BCUT2D eigenvalue weighted by Gasteiger charge is -2.36. The van der Waals surface area contributed by atoms with Gasteiger partial charge in [0, 0.05) is 5.71 Å². The third-order valence-corrected chi connectivity index (χ3v) is 3.90. The van der Waals surface area contributed by atoms with Crippen LogP contribution in [0.2, 0.25) is 0 Å². The molecule has 1 aliphatic carbocycles. The molecule has 0 spiro atoms. The lowest BCUT2D eigenvalue weighted by molar-refractivity contribution is 0.176. The quantitative estimate of drug-likeness (QED) is 0.712. The Morgan fingerprint density at radius 1 is 1.50 bits per heavy atom. The second-order valence-electron chi connectivity index (χ2n) is 5.27. The summed E-state index contributed by atoms with van der Waals surface area (Å²) in [5.74, 6) is 0.769. The number of nitrogens with one attached hydrogen (secondary N) is 1. The van der Waals surface area contributed by atoms with E-state index in [4.69, 9.17) is 5.73 Å². The van der Waals surface area contributed by atoms with Gasteiger partial charge in [-0.2, -0.15) is 5.10 Å². The predicted octanol–water partition coefficient (Wildman–Crippen LogP) is 2.64. The van der Waals surface area contributed by atoms with Gasteiger partial charge in [0.25, 0.3) is 0 Å². The molecule has 0 atom stereocenters. The first kappa shape index (κ1) is 13.0. The standard InChI is InChI=1S/C12H23N3O/c1-4-12(2,3)9-5-7-10(8-6-9)14-15-11(13)16/h9H,4-8H2,1-3H3,(H3,13,15,16). The SMILES string of the molecule is CCC(C)(C)C1CCC(=NNC(N)=O)CC1. The second kappa shape index (κ2) is 5.32. The summed E-state index contributed by atoms with van der Waals surface area (Å²) in [5.41, 5.74) is 8.77. The number of urea groups is 1. The van der Waals surface area contributed by atoms with Gasteiger partial charge in [-0.05, 0) is 37.0 Å². The summed E-state index contributed by atoms with van der Waals surface area (Å²) >= 11 is 0. The van der Waals surface area contributed by atoms with Crippen molar-refractivity contribution in [1.29, 1.82) is 0 Å². The van der Waals surface area contributed by atoms with Crippen molar-refractivity contribution in [2.45, 2.75) is 52.9 Å². The molecule has 0 unspecified atom stereocenters. The van der Waals surface area contributed by atoms with E-state index < -0.39 is 6.03 Å². The van der Waals surface area contributed by atoms with Crippen LogP contribution in [0.1, 0.15) is 52.9 Å². The highest BCUT2D eigenvalue weighted by Crippen LogP contribution is 2.39. The molecule has 0 saturated heterocycles. The van der Waals surface area contributed by atoms with Gasteiger partial charge in [0.2, 0.25) is 0 Å². The summed E-state index contributed by atoms with van der Waals surface area (Å²) in [6, 6.07) is -0.580. The van der Waals surface area contributed by atoms with E-state index in [-0.39, 0.29) is 0 Å². The molecular weight excluding hydrogens is 202 g/mol. The van der Waals surface area contributed by atoms with Crippen LogP contribution in [0, 0.1) is 11.3 Å². The maximum absolute atomic E-state index is 10.5. The van der Waals surface area contributed by atoms with Crippen LogP contribution >= 0.6 is 0 Å². The number of amides is 2. The molecule has 0 aliphatic heterocycles. The zero-order chi connectivity index (χ0) is 12.2. The van der Waals surface area contributed by atoms with E-state index in [0.717, 1.165) is 24.5 Å². The Kier molecular flexibility index (Phi) is 4.33. The third-order valence-electron chi connectivity index (χ3n) is 3.90. The van der Waals surface area contributed by atoms with Gasteiger partial charge in [0.05, 0.1) is 0 Å². The lowest BCUT2D eigenvalue weighted by atomic mass is 9.69. The van der Waals surface area contributed by atoms with E-state index in [0.29, 0.717) is 5.41 Å². The van der Waals surface area contributed by atoms with Crippen LogP contribution < -0.4 is 11.2 Å². The molecule has 0 aromatic rings. The Morgan fingerprint density at radius 2 is 2.06 bits per heavy atom. The van der Waals surface area contributed by atoms with Crippen molar-refractivity contribution in [2.75, 3.05) is 0 Å². The van der Waals surface area contributed by atoms with Crippen molar-refractivity contribution in [2.24, 2.45) is 22.2 Å². The normalized spacial score (nSPS) is 21.7. The number of hydrazone groups is 1. The van der Waals surface area contributed by atoms with Gasteiger partial charge < -0.3 is 5.73 Å². The Labute approximate surface area is 97.7 Å². The minimum Gasteiger partial charge on any atom is -0.350 e. The van der Waals surface area contributed by atoms with Crippen LogP contribution in [0.3, 0.4) is 0 Å². The first-order chi connectivity index (χ1) is 7.45. The zero-order valence-corrected chi connectivity index (χ0v) is 10.5. The molecule has 4 heteroatoms. The maximum atomic E-state index is 10.5. The van der Waals surface area contributed by atoms with Crippen molar-refractivity contribution < 1.29 is 4.79 Å². The second-order valence-corrected chi connectivity index (χ2v) is 5.27. The van der Waals surface area contributed by atoms with E-state index in [1.165, 1.54) is 19.3 Å². The smallest absolute Gasteiger partial charge is 0.332 e. The molecule has 0 aromatic carbocycles. The van der Waals surface area contributed by atoms with Crippen LogP contribution in [0.15, 0.2) is 5.10 Å². The molecule has 0 bridgehead atoms. The molecule has 1 saturated carbocycles. The maximum Gasteiger partial charge on any atom is 0.332 e. The van der Waals surface area contributed by atoms with Crippen LogP contribution in [0.25, 0.3) is 0 Å². The highest BCUT2D eigenvalue weighted by atomic mass is 16.2. The van der Waals surface area contributed by atoms with Crippen molar-refractivity contribution in [3.8, 4) is 0 Å². The molecule has 16 heavy (non-hydrogen) atoms. The van der Waals surface area contributed by atoms with Gasteiger partial charge in [-0.15, -0.1) is 0 Å². The summed E-state index contributed by atoms with van der Waals surface area (Å²) < 4.78 is 0. The molecule has 1 aliphatic rings. The van der Waals surface area contributed by atoms with Crippen LogP contribution in [0.4, 0.5) is 4.79 Å². The van der Waals surface area contributed by atoms with Gasteiger partial charge >= 0.3 is 6.03 Å². The largest absolute Gasteiger partial charge is 0.350 e. The van der Waals surface area contributed by atoms with Crippen LogP contribution in [0.5, 0.6) is 0 Å². The number of hydrogen-bond acceptors (Lipinski definition) is 2. The summed E-state index contributed by atoms with van der Waals surface area (Å²) in [6.45, 7) is 6.92. The molecule has 1 rings (SSSR count). The first-order valence-electron chi connectivity index (χ1n) is 6.06. The predicted molar refractivity (Wildman–Crippen MR) is 66.2 cm³/mol. The first-order valence-corrected chi connectivity index (χ1v) is 6.06. The van der Waals surface area contributed by atoms with E-state index in [1.54, 1.807) is 0 Å². The molecule has 0 aromatic heterocycles. The molecule has 3 N–H and O–H groups in total. The van der Waals surface area contributed by atoms with Crippen LogP contribution in [-0.2, 0) is 0 Å². The molecular formula is C12H23N3O. The van der Waals surface area contributed by atoms with Crippen molar-refractivity contribution >= 4 is 11.7 Å². The van der Waals surface area contributed by atoms with Crippen molar-refractivity contribution in [3.05, 3.63) is 0 Å². The topological polar surface area (TPSA) is 67.5 Å². The highest BCUT2D eigenvalue weighted by molar-refractivity contribution is 5.86. The number of nitrogens with zero attached hydrogens (tertiary/aromatic N) is 1. The van der Waals surface area contributed by atoms with Gasteiger partial charge in [-0.3, -0.25) is 0 Å². The number of primary amides is 1. The number of rotatable bonds is 3. The zero-order valence-electron chi connectivity index (χ0n) is 10.5. The molecule has 0 heterocycles. The fourth-order valence-corrected chi connectivity index (χ4v) is 2.27. The van der Waals surface area contributed by atoms with Gasteiger partial charge in [-0.1, -0.05) is 27.2 Å². The van der Waals surface area contributed by atoms with Crippen LogP contribution in [-0.4, -0.2) is 11.7 Å².